The fourth-order valence-corrected chi connectivity index (χ4v) is 1.12. The van der Waals surface area contributed by atoms with Crippen molar-refractivity contribution in [2.45, 2.75) is 19.4 Å². The van der Waals surface area contributed by atoms with Crippen molar-refractivity contribution >= 4 is 0 Å². The molecule has 4 heteroatoms. The predicted octanol–water partition coefficient (Wildman–Crippen LogP) is 1.68. The minimum absolute atomic E-state index is 0.384. The van der Waals surface area contributed by atoms with E-state index < -0.39 is 5.54 Å². The maximum Gasteiger partial charge on any atom is 0.162 e. The lowest BCUT2D eigenvalue weighted by Crippen LogP contribution is -2.38. The lowest BCUT2D eigenvalue weighted by molar-refractivity contribution is 0.233. The Morgan fingerprint density at radius 1 is 1.38 bits per heavy atom. The number of methoxy groups -OCH3 is 1. The topological polar surface area (TPSA) is 68.3 Å². The minimum Gasteiger partial charge on any atom is -0.493 e. The first kappa shape index (κ1) is 12.3. The van der Waals surface area contributed by atoms with Crippen LogP contribution in [0.4, 0.5) is 0 Å². The molecule has 1 aromatic rings. The third kappa shape index (κ3) is 3.44. The Kier molecular flexibility index (Phi) is 3.75. The van der Waals surface area contributed by atoms with E-state index in [-0.39, 0.29) is 0 Å². The highest BCUT2D eigenvalue weighted by Crippen LogP contribution is 2.28. The Labute approximate surface area is 95.6 Å². The van der Waals surface area contributed by atoms with Crippen LogP contribution in [0.25, 0.3) is 0 Å². The molecule has 16 heavy (non-hydrogen) atoms. The van der Waals surface area contributed by atoms with E-state index in [1.54, 1.807) is 18.2 Å². The summed E-state index contributed by atoms with van der Waals surface area (Å²) in [6.07, 6.45) is 0. The van der Waals surface area contributed by atoms with Gasteiger partial charge in [0, 0.05) is 11.6 Å². The summed E-state index contributed by atoms with van der Waals surface area (Å²) in [6.45, 7) is 4.14. The highest BCUT2D eigenvalue weighted by atomic mass is 16.5. The number of nitrogens with two attached hydrogens (primary N) is 1. The van der Waals surface area contributed by atoms with Crippen molar-refractivity contribution in [2.75, 3.05) is 13.7 Å². The van der Waals surface area contributed by atoms with E-state index >= 15 is 0 Å². The van der Waals surface area contributed by atoms with Crippen LogP contribution < -0.4 is 15.2 Å². The van der Waals surface area contributed by atoms with Crippen LogP contribution in [0.15, 0.2) is 18.2 Å². The first-order valence-corrected chi connectivity index (χ1v) is 4.96. The van der Waals surface area contributed by atoms with Crippen LogP contribution in [0.3, 0.4) is 0 Å². The van der Waals surface area contributed by atoms with Gasteiger partial charge in [0.1, 0.15) is 6.61 Å². The summed E-state index contributed by atoms with van der Waals surface area (Å²) in [5.41, 5.74) is 5.95. The van der Waals surface area contributed by atoms with Gasteiger partial charge in [-0.05, 0) is 26.0 Å². The molecule has 0 aliphatic heterocycles. The second-order valence-electron chi connectivity index (χ2n) is 4.25. The molecule has 0 aromatic heterocycles. The molecule has 0 bridgehead atoms. The summed E-state index contributed by atoms with van der Waals surface area (Å²) in [5.74, 6) is 1.14. The maximum absolute atomic E-state index is 8.74. The largest absolute Gasteiger partial charge is 0.493 e. The summed E-state index contributed by atoms with van der Waals surface area (Å²) < 4.78 is 10.7. The van der Waals surface area contributed by atoms with Crippen molar-refractivity contribution in [1.82, 2.24) is 0 Å². The number of benzene rings is 1. The molecule has 0 aliphatic rings. The van der Waals surface area contributed by atoms with Crippen molar-refractivity contribution in [1.29, 1.82) is 5.26 Å². The van der Waals surface area contributed by atoms with Gasteiger partial charge in [-0.2, -0.15) is 5.26 Å². The van der Waals surface area contributed by atoms with Gasteiger partial charge >= 0.3 is 0 Å². The van der Waals surface area contributed by atoms with Gasteiger partial charge in [-0.3, -0.25) is 0 Å². The van der Waals surface area contributed by atoms with E-state index in [9.17, 15) is 0 Å². The number of hydrogen-bond donors (Lipinski definition) is 1. The first-order chi connectivity index (χ1) is 7.46. The fourth-order valence-electron chi connectivity index (χ4n) is 1.12. The fraction of sp³-hybridized carbons (Fsp3) is 0.417. The molecule has 4 nitrogen and oxygen atoms in total. The van der Waals surface area contributed by atoms with E-state index in [1.807, 2.05) is 19.9 Å². The van der Waals surface area contributed by atoms with Crippen LogP contribution in [0, 0.1) is 11.3 Å². The van der Waals surface area contributed by atoms with Gasteiger partial charge in [-0.1, -0.05) is 0 Å². The maximum atomic E-state index is 8.74. The molecule has 1 aromatic carbocycles. The molecule has 0 atom stereocenters. The monoisotopic (exact) mass is 220 g/mol. The average Bonchev–Trinajstić information content (AvgIpc) is 2.25. The molecule has 0 fully saturated rings. The summed E-state index contributed by atoms with van der Waals surface area (Å²) in [7, 11) is 1.54. The van der Waals surface area contributed by atoms with Crippen LogP contribution in [-0.4, -0.2) is 19.3 Å². The zero-order valence-electron chi connectivity index (χ0n) is 9.78. The molecular formula is C12H16N2O2. The standard InChI is InChI=1S/C12H16N2O2/c1-12(2,14)8-16-10-5-4-9(7-13)6-11(10)15-3/h4-6H,8,14H2,1-3H3. The summed E-state index contributed by atoms with van der Waals surface area (Å²) in [6, 6.07) is 7.07. The summed E-state index contributed by atoms with van der Waals surface area (Å²) >= 11 is 0. The molecule has 0 saturated carbocycles. The Balaban J connectivity index is 2.85. The van der Waals surface area contributed by atoms with Gasteiger partial charge in [0.05, 0.1) is 18.7 Å². The molecule has 0 spiro atoms. The lowest BCUT2D eigenvalue weighted by Gasteiger charge is -2.20. The molecule has 86 valence electrons. The van der Waals surface area contributed by atoms with E-state index in [4.69, 9.17) is 20.5 Å². The van der Waals surface area contributed by atoms with E-state index in [1.165, 1.54) is 7.11 Å². The second-order valence-corrected chi connectivity index (χ2v) is 4.25. The summed E-state index contributed by atoms with van der Waals surface area (Å²) in [5, 5.41) is 8.74. The predicted molar refractivity (Wildman–Crippen MR) is 61.5 cm³/mol. The molecule has 0 saturated heterocycles. The van der Waals surface area contributed by atoms with Gasteiger partial charge in [-0.15, -0.1) is 0 Å². The smallest absolute Gasteiger partial charge is 0.162 e. The number of nitriles is 1. The minimum atomic E-state index is -0.404. The van der Waals surface area contributed by atoms with Gasteiger partial charge in [0.15, 0.2) is 11.5 Å². The van der Waals surface area contributed by atoms with Crippen LogP contribution >= 0.6 is 0 Å². The molecule has 0 radical (unpaired) electrons. The lowest BCUT2D eigenvalue weighted by atomic mass is 10.1. The van der Waals surface area contributed by atoms with Crippen molar-refractivity contribution in [3.63, 3.8) is 0 Å². The Morgan fingerprint density at radius 3 is 2.56 bits per heavy atom. The Bertz CT molecular complexity index is 402. The summed E-state index contributed by atoms with van der Waals surface area (Å²) in [4.78, 5) is 0. The number of nitrogens with zero attached hydrogens (tertiary/aromatic N) is 1. The van der Waals surface area contributed by atoms with Crippen LogP contribution in [0.5, 0.6) is 11.5 Å². The highest BCUT2D eigenvalue weighted by molar-refractivity contribution is 5.46. The van der Waals surface area contributed by atoms with Crippen LogP contribution in [0.1, 0.15) is 19.4 Å². The van der Waals surface area contributed by atoms with Gasteiger partial charge in [0.25, 0.3) is 0 Å². The highest BCUT2D eigenvalue weighted by Gasteiger charge is 2.13. The van der Waals surface area contributed by atoms with Crippen LogP contribution in [-0.2, 0) is 0 Å². The molecule has 0 heterocycles. The molecule has 2 N–H and O–H groups in total. The molecule has 0 amide bonds. The molecule has 0 aliphatic carbocycles. The van der Waals surface area contributed by atoms with Crippen LogP contribution in [0.2, 0.25) is 0 Å². The Hall–Kier alpha value is -1.73. The molecule has 1 rings (SSSR count). The number of ether oxygens (including phenoxy) is 2. The second kappa shape index (κ2) is 4.86. The Morgan fingerprint density at radius 2 is 2.06 bits per heavy atom. The van der Waals surface area contributed by atoms with Gasteiger partial charge in [0.2, 0.25) is 0 Å². The quantitative estimate of drug-likeness (QED) is 0.838. The third-order valence-corrected chi connectivity index (χ3v) is 1.89. The van der Waals surface area contributed by atoms with Gasteiger partial charge in [-0.25, -0.2) is 0 Å². The SMILES string of the molecule is COc1cc(C#N)ccc1OCC(C)(C)N. The average molecular weight is 220 g/mol. The van der Waals surface area contributed by atoms with Crippen molar-refractivity contribution in [2.24, 2.45) is 5.73 Å². The third-order valence-electron chi connectivity index (χ3n) is 1.89. The van der Waals surface area contributed by atoms with E-state index in [2.05, 4.69) is 0 Å². The van der Waals surface area contributed by atoms with Crippen molar-refractivity contribution in [3.05, 3.63) is 23.8 Å². The van der Waals surface area contributed by atoms with E-state index in [0.29, 0.717) is 23.7 Å². The molecular weight excluding hydrogens is 204 g/mol. The normalized spacial score (nSPS) is 10.7. The first-order valence-electron chi connectivity index (χ1n) is 4.96. The van der Waals surface area contributed by atoms with Crippen molar-refractivity contribution < 1.29 is 9.47 Å². The number of hydrogen-bond acceptors (Lipinski definition) is 4. The zero-order chi connectivity index (χ0) is 12.2. The van der Waals surface area contributed by atoms with Crippen molar-refractivity contribution in [3.8, 4) is 17.6 Å². The zero-order valence-corrected chi connectivity index (χ0v) is 9.78. The number of rotatable bonds is 4. The van der Waals surface area contributed by atoms with Gasteiger partial charge < -0.3 is 15.2 Å². The molecule has 0 unspecified atom stereocenters. The van der Waals surface area contributed by atoms with E-state index in [0.717, 1.165) is 0 Å².